The molecule has 2 heterocycles. The van der Waals surface area contributed by atoms with Crippen LogP contribution in [0.15, 0.2) is 84.2 Å². The first-order valence-electron chi connectivity index (χ1n) is 12.6. The second-order valence-corrected chi connectivity index (χ2v) is 8.78. The average Bonchev–Trinajstić information content (AvgIpc) is 3.35. The van der Waals surface area contributed by atoms with Gasteiger partial charge in [0, 0.05) is 40.7 Å². The summed E-state index contributed by atoms with van der Waals surface area (Å²) in [5.41, 5.74) is 12.1. The summed E-state index contributed by atoms with van der Waals surface area (Å²) >= 11 is 0. The number of rotatable bonds is 12. The second-order valence-electron chi connectivity index (χ2n) is 8.78. The lowest BCUT2D eigenvalue weighted by atomic mass is 10.0. The lowest BCUT2D eigenvalue weighted by molar-refractivity contribution is 0.102. The van der Waals surface area contributed by atoms with Crippen molar-refractivity contribution in [1.82, 2.24) is 14.5 Å². The van der Waals surface area contributed by atoms with Gasteiger partial charge in [0.25, 0.3) is 5.91 Å². The third-order valence-corrected chi connectivity index (χ3v) is 5.98. The van der Waals surface area contributed by atoms with Gasteiger partial charge in [-0.15, -0.1) is 0 Å². The third-order valence-electron chi connectivity index (χ3n) is 5.98. The number of aromatic nitrogens is 3. The number of nitrogens with zero attached hydrogens (tertiary/aromatic N) is 6. The molecule has 0 unspecified atom stereocenters. The maximum absolute atomic E-state index is 13.3. The SMILES string of the molecule is [N-]=[N+]=NCCCCCCc1cn(-c2ccccc2)c(NC(=O)c2cccc(-c3ccc(NC(=O)O)nc3)c2)n1. The van der Waals surface area contributed by atoms with E-state index in [-0.39, 0.29) is 11.7 Å². The number of hydrogen-bond acceptors (Lipinski definition) is 5. The van der Waals surface area contributed by atoms with Gasteiger partial charge in [0.1, 0.15) is 5.82 Å². The van der Waals surface area contributed by atoms with Crippen molar-refractivity contribution < 1.29 is 14.7 Å². The predicted octanol–water partition coefficient (Wildman–Crippen LogP) is 6.69. The number of carbonyl (C=O) groups excluding carboxylic acids is 1. The van der Waals surface area contributed by atoms with Crippen LogP contribution in [0.1, 0.15) is 41.7 Å². The standard InChI is InChI=1S/C28H28N8O3/c29-35-31-16-7-2-1-4-11-23-19-36(24-12-5-3-6-13-24)27(32-23)34-26(37)21-10-8-9-20(17-21)22-14-15-25(30-18-22)33-28(38)39/h3,5-6,8-10,12-15,17-19H,1-2,4,7,11,16H2,(H,30,33)(H,38,39)(H,32,34,37). The highest BCUT2D eigenvalue weighted by molar-refractivity contribution is 6.04. The largest absolute Gasteiger partial charge is 0.465 e. The Labute approximate surface area is 225 Å². The number of amides is 2. The van der Waals surface area contributed by atoms with Crippen LogP contribution in [0.3, 0.4) is 0 Å². The Kier molecular flexibility index (Phi) is 9.25. The summed E-state index contributed by atoms with van der Waals surface area (Å²) in [5.74, 6) is 0.346. The molecule has 0 saturated heterocycles. The fourth-order valence-corrected chi connectivity index (χ4v) is 4.07. The minimum Gasteiger partial charge on any atom is -0.465 e. The number of aryl methyl sites for hydroxylation is 1. The molecule has 4 rings (SSSR count). The Morgan fingerprint density at radius 3 is 2.51 bits per heavy atom. The molecule has 39 heavy (non-hydrogen) atoms. The Balaban J connectivity index is 1.48. The van der Waals surface area contributed by atoms with Gasteiger partial charge in [-0.2, -0.15) is 0 Å². The molecule has 2 aromatic carbocycles. The highest BCUT2D eigenvalue weighted by atomic mass is 16.4. The van der Waals surface area contributed by atoms with Crippen LogP contribution >= 0.6 is 0 Å². The molecular formula is C28H28N8O3. The number of carbonyl (C=O) groups is 2. The quantitative estimate of drug-likeness (QED) is 0.0814. The van der Waals surface area contributed by atoms with E-state index in [0.717, 1.165) is 54.6 Å². The van der Waals surface area contributed by atoms with Gasteiger partial charge in [-0.25, -0.2) is 14.8 Å². The number of azide groups is 1. The minimum absolute atomic E-state index is 0.219. The van der Waals surface area contributed by atoms with Gasteiger partial charge in [-0.05, 0) is 66.8 Å². The number of benzene rings is 2. The van der Waals surface area contributed by atoms with E-state index in [4.69, 9.17) is 15.6 Å². The Morgan fingerprint density at radius 2 is 1.77 bits per heavy atom. The number of para-hydroxylation sites is 1. The van der Waals surface area contributed by atoms with E-state index in [2.05, 4.69) is 25.6 Å². The molecule has 4 aromatic rings. The highest BCUT2D eigenvalue weighted by Crippen LogP contribution is 2.23. The van der Waals surface area contributed by atoms with Crippen LogP contribution in [-0.4, -0.2) is 38.2 Å². The molecule has 2 aromatic heterocycles. The van der Waals surface area contributed by atoms with E-state index >= 15 is 0 Å². The number of anilines is 2. The number of carboxylic acid groups (broad SMARTS) is 1. The fourth-order valence-electron chi connectivity index (χ4n) is 4.07. The average molecular weight is 525 g/mol. The van der Waals surface area contributed by atoms with Crippen LogP contribution in [0.25, 0.3) is 27.3 Å². The fraction of sp³-hybridized carbons (Fsp3) is 0.214. The van der Waals surface area contributed by atoms with Crippen molar-refractivity contribution in [3.05, 3.63) is 101 Å². The van der Waals surface area contributed by atoms with Gasteiger partial charge < -0.3 is 5.11 Å². The lowest BCUT2D eigenvalue weighted by Crippen LogP contribution is -2.15. The summed E-state index contributed by atoms with van der Waals surface area (Å²) in [4.78, 5) is 35.7. The van der Waals surface area contributed by atoms with Gasteiger partial charge in [0.05, 0.1) is 5.69 Å². The Morgan fingerprint density at radius 1 is 0.949 bits per heavy atom. The van der Waals surface area contributed by atoms with E-state index in [9.17, 15) is 9.59 Å². The monoisotopic (exact) mass is 524 g/mol. The third kappa shape index (κ3) is 7.67. The topological polar surface area (TPSA) is 158 Å². The van der Waals surface area contributed by atoms with Crippen molar-refractivity contribution in [3.63, 3.8) is 0 Å². The molecule has 0 aliphatic heterocycles. The van der Waals surface area contributed by atoms with Gasteiger partial charge in [0.2, 0.25) is 5.95 Å². The van der Waals surface area contributed by atoms with Crippen LogP contribution in [0.5, 0.6) is 0 Å². The number of unbranched alkanes of at least 4 members (excludes halogenated alkanes) is 3. The van der Waals surface area contributed by atoms with Crippen molar-refractivity contribution >= 4 is 23.8 Å². The van der Waals surface area contributed by atoms with Crippen molar-refractivity contribution in [2.75, 3.05) is 17.2 Å². The van der Waals surface area contributed by atoms with E-state index in [0.29, 0.717) is 18.1 Å². The van der Waals surface area contributed by atoms with E-state index < -0.39 is 6.09 Å². The Bertz CT molecular complexity index is 1460. The normalized spacial score (nSPS) is 10.5. The molecule has 11 nitrogen and oxygen atoms in total. The second kappa shape index (κ2) is 13.4. The molecule has 0 bridgehead atoms. The summed E-state index contributed by atoms with van der Waals surface area (Å²) in [7, 11) is 0. The molecule has 2 amide bonds. The predicted molar refractivity (Wildman–Crippen MR) is 149 cm³/mol. The number of nitrogens with one attached hydrogen (secondary N) is 2. The minimum atomic E-state index is -1.19. The molecule has 0 radical (unpaired) electrons. The van der Waals surface area contributed by atoms with Gasteiger partial charge in [0.15, 0.2) is 0 Å². The van der Waals surface area contributed by atoms with Crippen molar-refractivity contribution in [1.29, 1.82) is 0 Å². The van der Waals surface area contributed by atoms with E-state index in [1.165, 1.54) is 0 Å². The molecule has 0 aliphatic rings. The highest BCUT2D eigenvalue weighted by Gasteiger charge is 2.15. The summed E-state index contributed by atoms with van der Waals surface area (Å²) in [5, 5.41) is 17.6. The zero-order chi connectivity index (χ0) is 27.5. The van der Waals surface area contributed by atoms with Crippen molar-refractivity contribution in [2.45, 2.75) is 32.1 Å². The zero-order valence-electron chi connectivity index (χ0n) is 21.2. The first-order chi connectivity index (χ1) is 19.0. The van der Waals surface area contributed by atoms with Crippen molar-refractivity contribution in [2.24, 2.45) is 5.11 Å². The summed E-state index contributed by atoms with van der Waals surface area (Å²) < 4.78 is 1.87. The molecule has 0 saturated carbocycles. The molecule has 0 aliphatic carbocycles. The molecule has 0 atom stereocenters. The molecular weight excluding hydrogens is 496 g/mol. The summed E-state index contributed by atoms with van der Waals surface area (Å²) in [6, 6.07) is 20.1. The number of pyridine rings is 1. The summed E-state index contributed by atoms with van der Waals surface area (Å²) in [6.07, 6.45) is 6.84. The molecule has 0 fully saturated rings. The van der Waals surface area contributed by atoms with Crippen molar-refractivity contribution in [3.8, 4) is 16.8 Å². The molecule has 3 N–H and O–H groups in total. The Hall–Kier alpha value is -5.15. The van der Waals surface area contributed by atoms with Crippen LogP contribution in [-0.2, 0) is 6.42 Å². The first kappa shape index (κ1) is 26.9. The van der Waals surface area contributed by atoms with Gasteiger partial charge in [-0.3, -0.25) is 20.0 Å². The van der Waals surface area contributed by atoms with E-state index in [1.54, 1.807) is 36.5 Å². The lowest BCUT2D eigenvalue weighted by Gasteiger charge is -2.10. The van der Waals surface area contributed by atoms with Crippen LogP contribution < -0.4 is 10.6 Å². The van der Waals surface area contributed by atoms with Gasteiger partial charge in [-0.1, -0.05) is 48.3 Å². The molecule has 198 valence electrons. The molecule has 11 heteroatoms. The first-order valence-corrected chi connectivity index (χ1v) is 12.6. The van der Waals surface area contributed by atoms with Crippen LogP contribution in [0.2, 0.25) is 0 Å². The smallest absolute Gasteiger partial charge is 0.410 e. The maximum atomic E-state index is 13.3. The number of imidazole rings is 1. The van der Waals surface area contributed by atoms with Crippen LogP contribution in [0, 0.1) is 0 Å². The van der Waals surface area contributed by atoms with Crippen LogP contribution in [0.4, 0.5) is 16.6 Å². The molecule has 0 spiro atoms. The summed E-state index contributed by atoms with van der Waals surface area (Å²) in [6.45, 7) is 0.514. The maximum Gasteiger partial charge on any atom is 0.410 e. The van der Waals surface area contributed by atoms with E-state index in [1.807, 2.05) is 47.2 Å². The van der Waals surface area contributed by atoms with Gasteiger partial charge >= 0.3 is 6.09 Å². The number of hydrogen-bond donors (Lipinski definition) is 3. The zero-order valence-corrected chi connectivity index (χ0v) is 21.2.